The molecule has 0 saturated carbocycles. The third kappa shape index (κ3) is 6.66. The molecule has 0 aliphatic carbocycles. The van der Waals surface area contributed by atoms with Crippen LogP contribution < -0.4 is 0 Å². The monoisotopic (exact) mass is 446 g/mol. The molecule has 0 saturated heterocycles. The summed E-state index contributed by atoms with van der Waals surface area (Å²) in [5.74, 6) is 1.27. The Balaban J connectivity index is 0.000000471. The Kier molecular flexibility index (Phi) is 11.1. The average molecular weight is 447 g/mol. The van der Waals surface area contributed by atoms with Crippen molar-refractivity contribution in [2.45, 2.75) is 34.5 Å². The van der Waals surface area contributed by atoms with Crippen LogP contribution in [0.3, 0.4) is 0 Å². The number of H-pyrrole nitrogens is 2. The van der Waals surface area contributed by atoms with E-state index in [2.05, 4.69) is 57.2 Å². The van der Waals surface area contributed by atoms with Crippen molar-refractivity contribution in [3.8, 4) is 22.8 Å². The molecule has 4 rings (SSSR count). The maximum Gasteiger partial charge on any atom is 0.204 e. The van der Waals surface area contributed by atoms with Gasteiger partial charge in [-0.3, -0.25) is 0 Å². The van der Waals surface area contributed by atoms with E-state index in [9.17, 15) is 0 Å². The highest BCUT2D eigenvalue weighted by molar-refractivity contribution is 9.08. The highest BCUT2D eigenvalue weighted by Gasteiger charge is 2.02. The highest BCUT2D eigenvalue weighted by atomic mass is 79.9. The second-order valence-electron chi connectivity index (χ2n) is 5.17. The molecule has 2 N–H and O–H groups in total. The smallest absolute Gasteiger partial charge is 0.177 e. The van der Waals surface area contributed by atoms with Gasteiger partial charge < -0.3 is 0 Å². The molecule has 0 spiro atoms. The zero-order valence-corrected chi connectivity index (χ0v) is 15.0. The lowest BCUT2D eigenvalue weighted by atomic mass is 10.1. The van der Waals surface area contributed by atoms with E-state index in [4.69, 9.17) is 0 Å². The van der Waals surface area contributed by atoms with E-state index in [0.717, 1.165) is 16.5 Å². The summed E-state index contributed by atoms with van der Waals surface area (Å²) in [6.07, 6.45) is 0. The summed E-state index contributed by atoms with van der Waals surface area (Å²) in [6.45, 7) is 2.03. The number of aromatic amines is 2. The largest absolute Gasteiger partial charge is 0.204 e. The van der Waals surface area contributed by atoms with Gasteiger partial charge >= 0.3 is 0 Å². The zero-order chi connectivity index (χ0) is 17.5. The molecule has 9 heteroatoms. The van der Waals surface area contributed by atoms with E-state index in [1.807, 2.05) is 55.5 Å². The van der Waals surface area contributed by atoms with Gasteiger partial charge in [0.1, 0.15) is 0 Å². The van der Waals surface area contributed by atoms with Crippen LogP contribution in [0.4, 0.5) is 0 Å². The van der Waals surface area contributed by atoms with Crippen molar-refractivity contribution in [1.29, 1.82) is 0 Å². The van der Waals surface area contributed by atoms with Crippen molar-refractivity contribution in [1.82, 2.24) is 41.2 Å². The fourth-order valence-corrected chi connectivity index (χ4v) is 2.49. The van der Waals surface area contributed by atoms with Crippen LogP contribution in [-0.4, -0.2) is 41.2 Å². The molecule has 0 aliphatic rings. The van der Waals surface area contributed by atoms with Crippen molar-refractivity contribution >= 4 is 15.9 Å². The van der Waals surface area contributed by atoms with Crippen LogP contribution in [0.15, 0.2) is 48.5 Å². The van der Waals surface area contributed by atoms with Gasteiger partial charge in [-0.15, -0.1) is 20.4 Å². The second kappa shape index (κ2) is 12.4. The molecular formula is C19H27BrN8. The van der Waals surface area contributed by atoms with Gasteiger partial charge in [-0.1, -0.05) is 80.2 Å². The molecule has 0 fully saturated rings. The lowest BCUT2D eigenvalue weighted by molar-refractivity contribution is 0.881. The summed E-state index contributed by atoms with van der Waals surface area (Å²) in [5, 5.41) is 28.2. The minimum absolute atomic E-state index is 0. The third-order valence-electron chi connectivity index (χ3n) is 3.31. The predicted octanol–water partition coefficient (Wildman–Crippen LogP) is 4.85. The summed E-state index contributed by atoms with van der Waals surface area (Å²) >= 11 is 3.39. The standard InChI is InChI=1S/C8H7BrN4.C8H8N4.3CH4/c9-5-6-2-1-3-7(4-6)8-10-12-13-11-8;1-6-3-2-4-7(5-6)8-9-11-12-10-8;;;/h1-4H,5H2,(H,10,11,12,13);2-5H,1H3,(H,9,10,11,12);3*1H4. The lowest BCUT2D eigenvalue weighted by Gasteiger charge is -1.97. The summed E-state index contributed by atoms with van der Waals surface area (Å²) in [5.41, 5.74) is 4.36. The number of hydrogen-bond donors (Lipinski definition) is 2. The molecule has 0 bridgehead atoms. The van der Waals surface area contributed by atoms with Crippen LogP contribution in [-0.2, 0) is 5.33 Å². The molecule has 2 aromatic carbocycles. The van der Waals surface area contributed by atoms with Gasteiger partial charge in [0, 0.05) is 16.5 Å². The molecular weight excluding hydrogens is 420 g/mol. The van der Waals surface area contributed by atoms with Crippen LogP contribution in [0, 0.1) is 6.92 Å². The number of alkyl halides is 1. The van der Waals surface area contributed by atoms with Crippen LogP contribution >= 0.6 is 15.9 Å². The molecule has 8 nitrogen and oxygen atoms in total. The number of tetrazole rings is 2. The Morgan fingerprint density at radius 3 is 1.79 bits per heavy atom. The normalized spacial score (nSPS) is 9.07. The fraction of sp³-hybridized carbons (Fsp3) is 0.263. The Labute approximate surface area is 174 Å². The van der Waals surface area contributed by atoms with Crippen LogP contribution in [0.5, 0.6) is 0 Å². The van der Waals surface area contributed by atoms with Crippen molar-refractivity contribution < 1.29 is 0 Å². The molecule has 2 aromatic heterocycles. The molecule has 0 radical (unpaired) electrons. The first-order valence-electron chi connectivity index (χ1n) is 7.45. The SMILES string of the molecule is BrCc1cccc(-c2nn[nH]n2)c1.C.C.C.Cc1cccc(-c2nn[nH]n2)c1. The van der Waals surface area contributed by atoms with Gasteiger partial charge in [0.05, 0.1) is 0 Å². The Hall–Kier alpha value is -2.94. The third-order valence-corrected chi connectivity index (χ3v) is 3.95. The van der Waals surface area contributed by atoms with Gasteiger partial charge in [0.2, 0.25) is 11.6 Å². The predicted molar refractivity (Wildman–Crippen MR) is 117 cm³/mol. The van der Waals surface area contributed by atoms with E-state index in [-0.39, 0.29) is 22.3 Å². The topological polar surface area (TPSA) is 109 Å². The van der Waals surface area contributed by atoms with Crippen LogP contribution in [0.2, 0.25) is 0 Å². The first-order chi connectivity index (χ1) is 12.3. The number of halogens is 1. The number of rotatable bonds is 3. The maximum atomic E-state index is 3.90. The Morgan fingerprint density at radius 2 is 1.32 bits per heavy atom. The molecule has 150 valence electrons. The van der Waals surface area contributed by atoms with E-state index in [1.165, 1.54) is 11.1 Å². The number of aromatic nitrogens is 8. The van der Waals surface area contributed by atoms with Gasteiger partial charge in [0.15, 0.2) is 0 Å². The second-order valence-corrected chi connectivity index (χ2v) is 5.74. The molecule has 0 unspecified atom stereocenters. The number of nitrogens with one attached hydrogen (secondary N) is 2. The van der Waals surface area contributed by atoms with Gasteiger partial charge in [-0.2, -0.15) is 10.4 Å². The van der Waals surface area contributed by atoms with Crippen LogP contribution in [0.1, 0.15) is 33.4 Å². The number of aryl methyl sites for hydroxylation is 1. The van der Waals surface area contributed by atoms with Crippen molar-refractivity contribution in [3.05, 3.63) is 59.7 Å². The fourth-order valence-electron chi connectivity index (χ4n) is 2.15. The quantitative estimate of drug-likeness (QED) is 0.435. The summed E-state index contributed by atoms with van der Waals surface area (Å²) in [7, 11) is 0. The minimum Gasteiger partial charge on any atom is -0.177 e. The van der Waals surface area contributed by atoms with Crippen molar-refractivity contribution in [3.63, 3.8) is 0 Å². The molecule has 28 heavy (non-hydrogen) atoms. The van der Waals surface area contributed by atoms with E-state index < -0.39 is 0 Å². The van der Waals surface area contributed by atoms with E-state index >= 15 is 0 Å². The highest BCUT2D eigenvalue weighted by Crippen LogP contribution is 2.16. The molecule has 0 amide bonds. The lowest BCUT2D eigenvalue weighted by Crippen LogP contribution is -1.83. The summed E-state index contributed by atoms with van der Waals surface area (Å²) < 4.78 is 0. The van der Waals surface area contributed by atoms with E-state index in [0.29, 0.717) is 11.6 Å². The summed E-state index contributed by atoms with van der Waals surface area (Å²) in [4.78, 5) is 0. The van der Waals surface area contributed by atoms with Gasteiger partial charge in [0.25, 0.3) is 0 Å². The first-order valence-corrected chi connectivity index (χ1v) is 8.57. The van der Waals surface area contributed by atoms with Crippen molar-refractivity contribution in [2.75, 3.05) is 0 Å². The number of benzene rings is 2. The summed E-state index contributed by atoms with van der Waals surface area (Å²) in [6, 6.07) is 16.0. The minimum atomic E-state index is 0. The number of hydrogen-bond acceptors (Lipinski definition) is 6. The van der Waals surface area contributed by atoms with Gasteiger partial charge in [-0.25, -0.2) is 0 Å². The van der Waals surface area contributed by atoms with E-state index in [1.54, 1.807) is 0 Å². The molecule has 4 aromatic rings. The number of nitrogens with zero attached hydrogens (tertiary/aromatic N) is 6. The Bertz CT molecular complexity index is 907. The molecule has 0 atom stereocenters. The van der Waals surface area contributed by atoms with Crippen LogP contribution in [0.25, 0.3) is 22.8 Å². The Morgan fingerprint density at radius 1 is 0.786 bits per heavy atom. The molecule has 0 aliphatic heterocycles. The zero-order valence-electron chi connectivity index (χ0n) is 13.4. The van der Waals surface area contributed by atoms with Gasteiger partial charge in [-0.05, 0) is 35.0 Å². The maximum absolute atomic E-state index is 3.90. The first kappa shape index (κ1) is 25.1. The van der Waals surface area contributed by atoms with Crippen molar-refractivity contribution in [2.24, 2.45) is 0 Å². The average Bonchev–Trinajstić information content (AvgIpc) is 3.36. The molecule has 2 heterocycles.